The fourth-order valence-corrected chi connectivity index (χ4v) is 2.32. The summed E-state index contributed by atoms with van der Waals surface area (Å²) in [6, 6.07) is 4.59. The van der Waals surface area contributed by atoms with Gasteiger partial charge in [-0.3, -0.25) is 0 Å². The van der Waals surface area contributed by atoms with Crippen molar-refractivity contribution in [2.45, 2.75) is 13.5 Å². The average Bonchev–Trinajstić information content (AvgIpc) is 2.48. The molecule has 0 aliphatic rings. The lowest BCUT2D eigenvalue weighted by Crippen LogP contribution is -2.27. The number of hydrogen-bond donors (Lipinski definition) is 0. The highest BCUT2D eigenvalue weighted by atomic mass is 35.5. The van der Waals surface area contributed by atoms with Crippen LogP contribution < -0.4 is 11.4 Å². The van der Waals surface area contributed by atoms with Gasteiger partial charge in [-0.1, -0.05) is 23.2 Å². The molecule has 0 amide bonds. The first-order valence-electron chi connectivity index (χ1n) is 5.31. The van der Waals surface area contributed by atoms with Crippen molar-refractivity contribution in [2.24, 2.45) is 7.05 Å². The lowest BCUT2D eigenvalue weighted by molar-refractivity contribution is 0.509. The summed E-state index contributed by atoms with van der Waals surface area (Å²) in [5, 5.41) is 0.742. The molecule has 0 N–H and O–H groups in total. The first-order chi connectivity index (χ1) is 8.45. The molecule has 18 heavy (non-hydrogen) atoms. The Balaban J connectivity index is 2.80. The zero-order valence-corrected chi connectivity index (χ0v) is 11.4. The van der Waals surface area contributed by atoms with E-state index in [1.165, 1.54) is 28.5 Å². The van der Waals surface area contributed by atoms with Gasteiger partial charge >= 0.3 is 11.4 Å². The van der Waals surface area contributed by atoms with Crippen LogP contribution in [0.2, 0.25) is 10.0 Å². The Morgan fingerprint density at radius 1 is 1.06 bits per heavy atom. The van der Waals surface area contributed by atoms with Gasteiger partial charge in [-0.05, 0) is 25.1 Å². The molecule has 0 aliphatic carbocycles. The second kappa shape index (κ2) is 4.66. The molecule has 0 fully saturated rings. The maximum atomic E-state index is 12.1. The van der Waals surface area contributed by atoms with E-state index in [2.05, 4.69) is 0 Å². The average molecular weight is 288 g/mol. The maximum Gasteiger partial charge on any atom is 0.351 e. The van der Waals surface area contributed by atoms with Crippen molar-refractivity contribution < 1.29 is 0 Å². The van der Waals surface area contributed by atoms with Gasteiger partial charge in [0.15, 0.2) is 0 Å². The van der Waals surface area contributed by atoms with Gasteiger partial charge in [0.1, 0.15) is 0 Å². The molecule has 2 aromatic rings. The van der Waals surface area contributed by atoms with E-state index in [9.17, 15) is 9.59 Å². The smallest absolute Gasteiger partial charge is 0.246 e. The zero-order chi connectivity index (χ0) is 13.4. The van der Waals surface area contributed by atoms with Crippen molar-refractivity contribution >= 4 is 23.2 Å². The molecule has 1 heterocycles. The molecule has 0 saturated heterocycles. The molecular formula is C11H11Cl2N3O2. The Kier molecular flexibility index (Phi) is 3.36. The summed E-state index contributed by atoms with van der Waals surface area (Å²) in [5.41, 5.74) is -0.478. The van der Waals surface area contributed by atoms with Gasteiger partial charge in [0.05, 0.1) is 5.69 Å². The van der Waals surface area contributed by atoms with Gasteiger partial charge in [-0.2, -0.15) is 0 Å². The maximum absolute atomic E-state index is 12.1. The van der Waals surface area contributed by atoms with Gasteiger partial charge in [-0.25, -0.2) is 23.5 Å². The third kappa shape index (κ3) is 2.00. The lowest BCUT2D eigenvalue weighted by atomic mass is 10.3. The number of aromatic nitrogens is 3. The summed E-state index contributed by atoms with van der Waals surface area (Å²) in [5.74, 6) is 0. The van der Waals surface area contributed by atoms with E-state index in [0.29, 0.717) is 22.3 Å². The van der Waals surface area contributed by atoms with E-state index in [1.54, 1.807) is 13.0 Å². The van der Waals surface area contributed by atoms with Crippen LogP contribution in [0.5, 0.6) is 0 Å². The molecular weight excluding hydrogens is 277 g/mol. The van der Waals surface area contributed by atoms with Gasteiger partial charge in [0.2, 0.25) is 0 Å². The second-order valence-electron chi connectivity index (χ2n) is 3.77. The number of nitrogens with zero attached hydrogens (tertiary/aromatic N) is 3. The lowest BCUT2D eigenvalue weighted by Gasteiger charge is -2.01. The Morgan fingerprint density at radius 3 is 2.06 bits per heavy atom. The molecule has 0 radical (unpaired) electrons. The monoisotopic (exact) mass is 287 g/mol. The number of benzene rings is 1. The van der Waals surface area contributed by atoms with E-state index < -0.39 is 11.4 Å². The van der Waals surface area contributed by atoms with Crippen LogP contribution in [0.1, 0.15) is 6.92 Å². The summed E-state index contributed by atoms with van der Waals surface area (Å²) >= 11 is 11.7. The number of hydrogen-bond acceptors (Lipinski definition) is 2. The Labute approximate surface area is 113 Å². The van der Waals surface area contributed by atoms with Crippen molar-refractivity contribution in [1.29, 1.82) is 0 Å². The summed E-state index contributed by atoms with van der Waals surface area (Å²) in [7, 11) is 1.54. The molecule has 0 unspecified atom stereocenters. The van der Waals surface area contributed by atoms with Crippen molar-refractivity contribution in [3.05, 3.63) is 49.2 Å². The van der Waals surface area contributed by atoms with Crippen LogP contribution in [0.15, 0.2) is 27.8 Å². The minimum absolute atomic E-state index is 0.366. The predicted molar refractivity (Wildman–Crippen MR) is 71.0 cm³/mol. The van der Waals surface area contributed by atoms with Crippen LogP contribution in [0.3, 0.4) is 0 Å². The normalized spacial score (nSPS) is 10.9. The highest BCUT2D eigenvalue weighted by Gasteiger charge is 2.14. The van der Waals surface area contributed by atoms with Gasteiger partial charge in [0, 0.05) is 23.6 Å². The summed E-state index contributed by atoms with van der Waals surface area (Å²) in [4.78, 5) is 24.1. The van der Waals surface area contributed by atoms with Crippen LogP contribution in [-0.4, -0.2) is 13.9 Å². The van der Waals surface area contributed by atoms with Crippen molar-refractivity contribution in [3.8, 4) is 5.69 Å². The van der Waals surface area contributed by atoms with E-state index in [0.717, 1.165) is 4.57 Å². The SMILES string of the molecule is CCn1c(=O)n(-c2cc(Cl)cc(Cl)c2)c(=O)n1C. The highest BCUT2D eigenvalue weighted by Crippen LogP contribution is 2.20. The fraction of sp³-hybridized carbons (Fsp3) is 0.273. The quantitative estimate of drug-likeness (QED) is 0.844. The standard InChI is InChI=1S/C11H11Cl2N3O2/c1-3-15-11(18)16(10(17)14(15)2)9-5-7(12)4-8(13)6-9/h4-6H,3H2,1-2H3. The predicted octanol–water partition coefficient (Wildman–Crippen LogP) is 1.66. The van der Waals surface area contributed by atoms with E-state index in [-0.39, 0.29) is 0 Å². The van der Waals surface area contributed by atoms with Crippen molar-refractivity contribution in [3.63, 3.8) is 0 Å². The molecule has 0 aliphatic heterocycles. The number of rotatable bonds is 2. The van der Waals surface area contributed by atoms with E-state index in [1.807, 2.05) is 0 Å². The molecule has 96 valence electrons. The largest absolute Gasteiger partial charge is 0.351 e. The van der Waals surface area contributed by atoms with Gasteiger partial charge in [0.25, 0.3) is 0 Å². The first-order valence-corrected chi connectivity index (χ1v) is 6.06. The molecule has 1 aromatic carbocycles. The molecule has 2 rings (SSSR count). The van der Waals surface area contributed by atoms with E-state index in [4.69, 9.17) is 23.2 Å². The summed E-state index contributed by atoms with van der Waals surface area (Å²) in [6.45, 7) is 2.20. The van der Waals surface area contributed by atoms with Crippen LogP contribution in [0.25, 0.3) is 5.69 Å². The highest BCUT2D eigenvalue weighted by molar-refractivity contribution is 6.34. The van der Waals surface area contributed by atoms with Gasteiger partial charge < -0.3 is 0 Å². The molecule has 0 saturated carbocycles. The van der Waals surface area contributed by atoms with Crippen LogP contribution in [0, 0.1) is 0 Å². The van der Waals surface area contributed by atoms with Crippen molar-refractivity contribution in [1.82, 2.24) is 13.9 Å². The van der Waals surface area contributed by atoms with Crippen LogP contribution >= 0.6 is 23.2 Å². The topological polar surface area (TPSA) is 48.9 Å². The van der Waals surface area contributed by atoms with Crippen molar-refractivity contribution in [2.75, 3.05) is 0 Å². The first kappa shape index (κ1) is 13.0. The number of halogens is 2. The Bertz CT molecular complexity index is 692. The summed E-state index contributed by atoms with van der Waals surface area (Å²) < 4.78 is 3.63. The third-order valence-corrected chi connectivity index (χ3v) is 3.08. The fourth-order valence-electron chi connectivity index (χ4n) is 1.81. The molecule has 0 spiro atoms. The minimum Gasteiger partial charge on any atom is -0.246 e. The van der Waals surface area contributed by atoms with Gasteiger partial charge in [-0.15, -0.1) is 0 Å². The molecule has 0 atom stereocenters. The van der Waals surface area contributed by atoms with E-state index >= 15 is 0 Å². The molecule has 5 nitrogen and oxygen atoms in total. The third-order valence-electron chi connectivity index (χ3n) is 2.65. The summed E-state index contributed by atoms with van der Waals surface area (Å²) in [6.07, 6.45) is 0. The zero-order valence-electron chi connectivity index (χ0n) is 9.85. The molecule has 1 aromatic heterocycles. The second-order valence-corrected chi connectivity index (χ2v) is 4.64. The Morgan fingerprint density at radius 2 is 1.61 bits per heavy atom. The van der Waals surface area contributed by atoms with Crippen LogP contribution in [-0.2, 0) is 13.6 Å². The minimum atomic E-state index is -0.430. The molecule has 0 bridgehead atoms. The Hall–Kier alpha value is -1.46. The molecule has 7 heteroatoms. The van der Waals surface area contributed by atoms with Crippen LogP contribution in [0.4, 0.5) is 0 Å².